The second-order valence-corrected chi connectivity index (χ2v) is 4.51. The van der Waals surface area contributed by atoms with Gasteiger partial charge < -0.3 is 10.5 Å². The summed E-state index contributed by atoms with van der Waals surface area (Å²) in [7, 11) is 0. The predicted octanol–water partition coefficient (Wildman–Crippen LogP) is 1.11. The number of hydrogen-bond acceptors (Lipinski definition) is 4. The molecule has 0 amide bonds. The molecule has 3 atom stereocenters. The molecular formula is C11H20N4O. The number of nitrogens with zero attached hydrogens (tertiary/aromatic N) is 3. The lowest BCUT2D eigenvalue weighted by Crippen LogP contribution is -2.31. The molecule has 1 aromatic heterocycles. The van der Waals surface area contributed by atoms with Gasteiger partial charge in [0, 0.05) is 13.2 Å². The fraction of sp³-hybridized carbons (Fsp3) is 0.818. The lowest BCUT2D eigenvalue weighted by molar-refractivity contribution is 0.0700. The third-order valence-corrected chi connectivity index (χ3v) is 3.22. The molecule has 16 heavy (non-hydrogen) atoms. The van der Waals surface area contributed by atoms with E-state index in [0.29, 0.717) is 5.92 Å². The van der Waals surface area contributed by atoms with Crippen molar-refractivity contribution in [1.82, 2.24) is 15.0 Å². The van der Waals surface area contributed by atoms with Crippen molar-refractivity contribution < 1.29 is 4.74 Å². The fourth-order valence-electron chi connectivity index (χ4n) is 2.25. The Morgan fingerprint density at radius 3 is 3.12 bits per heavy atom. The Bertz CT molecular complexity index is 338. The Labute approximate surface area is 96.0 Å². The molecule has 90 valence electrons. The standard InChI is InChI=1S/C11H20N4O/c1-3-5-15-9(7-13-14-15)10(12)11-8(2)4-6-16-11/h7-8,10-11H,3-6,12H2,1-2H3. The zero-order valence-corrected chi connectivity index (χ0v) is 9.97. The SMILES string of the molecule is CCCn1nncc1C(N)C1OCCC1C. The molecule has 0 aliphatic carbocycles. The van der Waals surface area contributed by atoms with Crippen LogP contribution in [0.25, 0.3) is 0 Å². The Kier molecular flexibility index (Phi) is 3.56. The van der Waals surface area contributed by atoms with E-state index in [4.69, 9.17) is 10.5 Å². The monoisotopic (exact) mass is 224 g/mol. The van der Waals surface area contributed by atoms with E-state index in [2.05, 4.69) is 24.2 Å². The number of ether oxygens (including phenoxy) is 1. The van der Waals surface area contributed by atoms with Gasteiger partial charge in [-0.3, -0.25) is 0 Å². The number of nitrogens with two attached hydrogens (primary N) is 1. The molecule has 1 aromatic rings. The number of rotatable bonds is 4. The molecule has 0 bridgehead atoms. The zero-order chi connectivity index (χ0) is 11.5. The summed E-state index contributed by atoms with van der Waals surface area (Å²) in [4.78, 5) is 0. The van der Waals surface area contributed by atoms with Crippen molar-refractivity contribution in [3.63, 3.8) is 0 Å². The van der Waals surface area contributed by atoms with Crippen LogP contribution in [0.4, 0.5) is 0 Å². The van der Waals surface area contributed by atoms with Crippen LogP contribution in [-0.4, -0.2) is 27.7 Å². The number of aryl methyl sites for hydroxylation is 1. The Balaban J connectivity index is 2.13. The molecule has 0 spiro atoms. The normalized spacial score (nSPS) is 27.2. The smallest absolute Gasteiger partial charge is 0.0809 e. The van der Waals surface area contributed by atoms with Gasteiger partial charge in [0.2, 0.25) is 0 Å². The molecular weight excluding hydrogens is 204 g/mol. The largest absolute Gasteiger partial charge is 0.376 e. The summed E-state index contributed by atoms with van der Waals surface area (Å²) in [5.41, 5.74) is 7.23. The molecule has 1 aliphatic heterocycles. The van der Waals surface area contributed by atoms with E-state index in [1.165, 1.54) is 0 Å². The van der Waals surface area contributed by atoms with E-state index < -0.39 is 0 Å². The molecule has 5 nitrogen and oxygen atoms in total. The maximum absolute atomic E-state index is 6.24. The zero-order valence-electron chi connectivity index (χ0n) is 9.97. The lowest BCUT2D eigenvalue weighted by Gasteiger charge is -2.22. The van der Waals surface area contributed by atoms with Gasteiger partial charge in [-0.1, -0.05) is 19.1 Å². The van der Waals surface area contributed by atoms with Crippen molar-refractivity contribution in [2.45, 2.75) is 45.4 Å². The molecule has 2 N–H and O–H groups in total. The molecule has 1 saturated heterocycles. The molecule has 0 saturated carbocycles. The Hall–Kier alpha value is -0.940. The number of aromatic nitrogens is 3. The van der Waals surface area contributed by atoms with Crippen LogP contribution in [0.2, 0.25) is 0 Å². The topological polar surface area (TPSA) is 66.0 Å². The van der Waals surface area contributed by atoms with Crippen LogP contribution < -0.4 is 5.73 Å². The minimum atomic E-state index is -0.112. The second kappa shape index (κ2) is 4.93. The van der Waals surface area contributed by atoms with Gasteiger partial charge in [-0.2, -0.15) is 0 Å². The van der Waals surface area contributed by atoms with Crippen molar-refractivity contribution in [2.75, 3.05) is 6.61 Å². The summed E-state index contributed by atoms with van der Waals surface area (Å²) in [5, 5.41) is 7.99. The van der Waals surface area contributed by atoms with Crippen LogP contribution in [0, 0.1) is 5.92 Å². The fourth-order valence-corrected chi connectivity index (χ4v) is 2.25. The summed E-state index contributed by atoms with van der Waals surface area (Å²) in [5.74, 6) is 0.514. The quantitative estimate of drug-likeness (QED) is 0.832. The minimum Gasteiger partial charge on any atom is -0.376 e. The summed E-state index contributed by atoms with van der Waals surface area (Å²) < 4.78 is 7.58. The summed E-state index contributed by atoms with van der Waals surface area (Å²) in [6.45, 7) is 5.98. The molecule has 3 unspecified atom stereocenters. The third kappa shape index (κ3) is 2.10. The van der Waals surface area contributed by atoms with Gasteiger partial charge in [0.25, 0.3) is 0 Å². The molecule has 0 aromatic carbocycles. The van der Waals surface area contributed by atoms with Crippen LogP contribution in [0.5, 0.6) is 0 Å². The molecule has 1 fully saturated rings. The second-order valence-electron chi connectivity index (χ2n) is 4.51. The molecule has 1 aliphatic rings. The van der Waals surface area contributed by atoms with Crippen molar-refractivity contribution >= 4 is 0 Å². The maximum Gasteiger partial charge on any atom is 0.0809 e. The van der Waals surface area contributed by atoms with Crippen molar-refractivity contribution in [2.24, 2.45) is 11.7 Å². The lowest BCUT2D eigenvalue weighted by atomic mass is 9.96. The highest BCUT2D eigenvalue weighted by atomic mass is 16.5. The summed E-state index contributed by atoms with van der Waals surface area (Å²) in [6.07, 6.45) is 3.99. The summed E-state index contributed by atoms with van der Waals surface area (Å²) in [6, 6.07) is -0.112. The summed E-state index contributed by atoms with van der Waals surface area (Å²) >= 11 is 0. The molecule has 2 heterocycles. The van der Waals surface area contributed by atoms with Crippen molar-refractivity contribution in [1.29, 1.82) is 0 Å². The van der Waals surface area contributed by atoms with Gasteiger partial charge in [0.1, 0.15) is 0 Å². The highest BCUT2D eigenvalue weighted by Gasteiger charge is 2.32. The van der Waals surface area contributed by atoms with Crippen molar-refractivity contribution in [3.05, 3.63) is 11.9 Å². The predicted molar refractivity (Wildman–Crippen MR) is 60.8 cm³/mol. The Morgan fingerprint density at radius 1 is 1.69 bits per heavy atom. The van der Waals surface area contributed by atoms with Gasteiger partial charge in [-0.05, 0) is 18.8 Å². The van der Waals surface area contributed by atoms with Crippen LogP contribution in [-0.2, 0) is 11.3 Å². The highest BCUT2D eigenvalue weighted by Crippen LogP contribution is 2.29. The average Bonchev–Trinajstić information content (AvgIpc) is 2.87. The van der Waals surface area contributed by atoms with Gasteiger partial charge in [0.15, 0.2) is 0 Å². The maximum atomic E-state index is 6.24. The van der Waals surface area contributed by atoms with E-state index in [1.807, 2.05) is 4.68 Å². The van der Waals surface area contributed by atoms with E-state index in [-0.39, 0.29) is 12.1 Å². The van der Waals surface area contributed by atoms with Crippen LogP contribution in [0.15, 0.2) is 6.20 Å². The van der Waals surface area contributed by atoms with Crippen molar-refractivity contribution in [3.8, 4) is 0 Å². The first-order valence-corrected chi connectivity index (χ1v) is 5.99. The average molecular weight is 224 g/mol. The van der Waals surface area contributed by atoms with Gasteiger partial charge >= 0.3 is 0 Å². The first kappa shape index (κ1) is 11.5. The van der Waals surface area contributed by atoms with Crippen LogP contribution in [0.3, 0.4) is 0 Å². The van der Waals surface area contributed by atoms with Gasteiger partial charge in [0.05, 0.1) is 24.0 Å². The molecule has 5 heteroatoms. The molecule has 2 rings (SSSR count). The molecule has 0 radical (unpaired) electrons. The number of hydrogen-bond donors (Lipinski definition) is 1. The van der Waals surface area contributed by atoms with E-state index in [1.54, 1.807) is 6.20 Å². The first-order valence-electron chi connectivity index (χ1n) is 5.99. The Morgan fingerprint density at radius 2 is 2.50 bits per heavy atom. The third-order valence-electron chi connectivity index (χ3n) is 3.22. The first-order chi connectivity index (χ1) is 7.74. The minimum absolute atomic E-state index is 0.106. The van der Waals surface area contributed by atoms with Crippen LogP contribution >= 0.6 is 0 Å². The van der Waals surface area contributed by atoms with E-state index >= 15 is 0 Å². The van der Waals surface area contributed by atoms with Crippen LogP contribution in [0.1, 0.15) is 38.4 Å². The van der Waals surface area contributed by atoms with E-state index in [9.17, 15) is 0 Å². The van der Waals surface area contributed by atoms with Gasteiger partial charge in [-0.15, -0.1) is 5.10 Å². The van der Waals surface area contributed by atoms with E-state index in [0.717, 1.165) is 31.7 Å². The highest BCUT2D eigenvalue weighted by molar-refractivity contribution is 5.05. The van der Waals surface area contributed by atoms with Gasteiger partial charge in [-0.25, -0.2) is 4.68 Å².